The van der Waals surface area contributed by atoms with Gasteiger partial charge in [0, 0.05) is 16.3 Å². The van der Waals surface area contributed by atoms with Gasteiger partial charge in [-0.3, -0.25) is 4.79 Å². The van der Waals surface area contributed by atoms with Crippen molar-refractivity contribution in [1.82, 2.24) is 5.32 Å². The fourth-order valence-electron chi connectivity index (χ4n) is 1.53. The normalized spacial score (nSPS) is 12.2. The van der Waals surface area contributed by atoms with Crippen molar-refractivity contribution >= 4 is 33.6 Å². The molecule has 0 radical (unpaired) electrons. The van der Waals surface area contributed by atoms with Gasteiger partial charge >= 0.3 is 0 Å². The zero-order valence-corrected chi connectivity index (χ0v) is 12.8. The molecule has 1 unspecified atom stereocenters. The summed E-state index contributed by atoms with van der Waals surface area (Å²) >= 11 is 5.18. The van der Waals surface area contributed by atoms with Crippen LogP contribution in [-0.4, -0.2) is 24.0 Å². The van der Waals surface area contributed by atoms with Crippen LogP contribution >= 0.6 is 27.7 Å². The SMILES string of the molecule is CCC(CSC)NC(=O)c1ccc(C)cc1Br. The average molecular weight is 316 g/mol. The van der Waals surface area contributed by atoms with Crippen molar-refractivity contribution in [2.24, 2.45) is 0 Å². The zero-order chi connectivity index (χ0) is 12.8. The molecule has 2 nitrogen and oxygen atoms in total. The summed E-state index contributed by atoms with van der Waals surface area (Å²) in [6, 6.07) is 6.02. The molecule has 1 atom stereocenters. The first-order chi connectivity index (χ1) is 8.08. The summed E-state index contributed by atoms with van der Waals surface area (Å²) in [5.74, 6) is 0.948. The highest BCUT2D eigenvalue weighted by Crippen LogP contribution is 2.18. The molecule has 0 bridgehead atoms. The number of hydrogen-bond acceptors (Lipinski definition) is 2. The van der Waals surface area contributed by atoms with Crippen LogP contribution in [0.25, 0.3) is 0 Å². The Morgan fingerprint density at radius 2 is 2.24 bits per heavy atom. The van der Waals surface area contributed by atoms with Crippen LogP contribution in [0.5, 0.6) is 0 Å². The van der Waals surface area contributed by atoms with Crippen molar-refractivity contribution in [1.29, 1.82) is 0 Å². The lowest BCUT2D eigenvalue weighted by Gasteiger charge is -2.16. The summed E-state index contributed by atoms with van der Waals surface area (Å²) in [4.78, 5) is 12.1. The van der Waals surface area contributed by atoms with E-state index in [1.165, 1.54) is 0 Å². The quantitative estimate of drug-likeness (QED) is 0.899. The van der Waals surface area contributed by atoms with E-state index in [9.17, 15) is 4.79 Å². The maximum absolute atomic E-state index is 12.1. The molecule has 4 heteroatoms. The number of carbonyl (C=O) groups is 1. The highest BCUT2D eigenvalue weighted by Gasteiger charge is 2.14. The lowest BCUT2D eigenvalue weighted by atomic mass is 10.1. The van der Waals surface area contributed by atoms with Gasteiger partial charge in [-0.15, -0.1) is 0 Å². The summed E-state index contributed by atoms with van der Waals surface area (Å²) in [5, 5.41) is 3.05. The molecule has 0 saturated heterocycles. The molecule has 1 rings (SSSR count). The van der Waals surface area contributed by atoms with Gasteiger partial charge in [-0.2, -0.15) is 11.8 Å². The lowest BCUT2D eigenvalue weighted by Crippen LogP contribution is -2.36. The van der Waals surface area contributed by atoms with E-state index >= 15 is 0 Å². The summed E-state index contributed by atoms with van der Waals surface area (Å²) in [6.07, 6.45) is 3.01. The molecule has 0 saturated carbocycles. The molecule has 0 aromatic heterocycles. The predicted molar refractivity (Wildman–Crippen MR) is 78.8 cm³/mol. The van der Waals surface area contributed by atoms with Crippen LogP contribution in [0.3, 0.4) is 0 Å². The minimum absolute atomic E-state index is 0.00206. The molecular formula is C13H18BrNOS. The van der Waals surface area contributed by atoms with Crippen LogP contribution in [0.1, 0.15) is 29.3 Å². The molecule has 1 amide bonds. The molecule has 17 heavy (non-hydrogen) atoms. The van der Waals surface area contributed by atoms with E-state index in [0.29, 0.717) is 5.56 Å². The smallest absolute Gasteiger partial charge is 0.252 e. The molecule has 0 aliphatic carbocycles. The van der Waals surface area contributed by atoms with Crippen LogP contribution in [-0.2, 0) is 0 Å². The van der Waals surface area contributed by atoms with Crippen molar-refractivity contribution in [3.8, 4) is 0 Å². The average Bonchev–Trinajstić information content (AvgIpc) is 2.28. The zero-order valence-electron chi connectivity index (χ0n) is 10.4. The molecular weight excluding hydrogens is 298 g/mol. The van der Waals surface area contributed by atoms with E-state index in [1.54, 1.807) is 11.8 Å². The van der Waals surface area contributed by atoms with Crippen LogP contribution in [0.4, 0.5) is 0 Å². The number of benzene rings is 1. The van der Waals surface area contributed by atoms with Crippen LogP contribution < -0.4 is 5.32 Å². The first-order valence-electron chi connectivity index (χ1n) is 5.64. The number of nitrogens with one attached hydrogen (secondary N) is 1. The van der Waals surface area contributed by atoms with Gasteiger partial charge in [-0.05, 0) is 53.2 Å². The second-order valence-electron chi connectivity index (χ2n) is 4.02. The molecule has 1 aromatic carbocycles. The summed E-state index contributed by atoms with van der Waals surface area (Å²) < 4.78 is 0.856. The largest absolute Gasteiger partial charge is 0.348 e. The van der Waals surface area contributed by atoms with Gasteiger partial charge in [-0.1, -0.05) is 13.0 Å². The Kier molecular flexibility index (Phi) is 6.06. The highest BCUT2D eigenvalue weighted by molar-refractivity contribution is 9.10. The monoisotopic (exact) mass is 315 g/mol. The summed E-state index contributed by atoms with van der Waals surface area (Å²) in [5.41, 5.74) is 1.85. The van der Waals surface area contributed by atoms with Gasteiger partial charge in [0.1, 0.15) is 0 Å². The van der Waals surface area contributed by atoms with E-state index in [2.05, 4.69) is 34.4 Å². The fourth-order valence-corrected chi connectivity index (χ4v) is 2.92. The Morgan fingerprint density at radius 1 is 1.53 bits per heavy atom. The topological polar surface area (TPSA) is 29.1 Å². The minimum atomic E-state index is -0.00206. The Morgan fingerprint density at radius 3 is 2.76 bits per heavy atom. The number of halogens is 1. The van der Waals surface area contributed by atoms with E-state index in [1.807, 2.05) is 25.1 Å². The Labute approximate surface area is 116 Å². The third kappa shape index (κ3) is 4.36. The van der Waals surface area contributed by atoms with Gasteiger partial charge in [0.2, 0.25) is 0 Å². The van der Waals surface area contributed by atoms with Gasteiger partial charge in [-0.25, -0.2) is 0 Å². The van der Waals surface area contributed by atoms with Crippen molar-refractivity contribution in [3.63, 3.8) is 0 Å². The third-order valence-electron chi connectivity index (χ3n) is 2.57. The number of rotatable bonds is 5. The number of carbonyl (C=O) groups excluding carboxylic acids is 1. The van der Waals surface area contributed by atoms with Crippen LogP contribution in [0.15, 0.2) is 22.7 Å². The van der Waals surface area contributed by atoms with E-state index in [4.69, 9.17) is 0 Å². The minimum Gasteiger partial charge on any atom is -0.348 e. The molecule has 0 spiro atoms. The van der Waals surface area contributed by atoms with Gasteiger partial charge < -0.3 is 5.32 Å². The number of amides is 1. The van der Waals surface area contributed by atoms with Crippen molar-refractivity contribution in [2.45, 2.75) is 26.3 Å². The molecule has 0 heterocycles. The number of hydrogen-bond donors (Lipinski definition) is 1. The van der Waals surface area contributed by atoms with Crippen molar-refractivity contribution < 1.29 is 4.79 Å². The maximum atomic E-state index is 12.1. The molecule has 94 valence electrons. The number of thioether (sulfide) groups is 1. The Hall–Kier alpha value is -0.480. The Balaban J connectivity index is 2.75. The van der Waals surface area contributed by atoms with Crippen LogP contribution in [0.2, 0.25) is 0 Å². The van der Waals surface area contributed by atoms with Gasteiger partial charge in [0.25, 0.3) is 5.91 Å². The van der Waals surface area contributed by atoms with Crippen LogP contribution in [0, 0.1) is 6.92 Å². The van der Waals surface area contributed by atoms with Gasteiger partial charge in [0.05, 0.1) is 5.56 Å². The van der Waals surface area contributed by atoms with E-state index < -0.39 is 0 Å². The van der Waals surface area contributed by atoms with E-state index in [-0.39, 0.29) is 11.9 Å². The lowest BCUT2D eigenvalue weighted by molar-refractivity contribution is 0.0939. The highest BCUT2D eigenvalue weighted by atomic mass is 79.9. The van der Waals surface area contributed by atoms with E-state index in [0.717, 1.165) is 22.2 Å². The standard InChI is InChI=1S/C13H18BrNOS/c1-4-10(8-17-3)15-13(16)11-6-5-9(2)7-12(11)14/h5-7,10H,4,8H2,1-3H3,(H,15,16). The Bertz CT molecular complexity index is 395. The summed E-state index contributed by atoms with van der Waals surface area (Å²) in [7, 11) is 0. The molecule has 1 aromatic rings. The van der Waals surface area contributed by atoms with Crippen molar-refractivity contribution in [2.75, 3.05) is 12.0 Å². The first-order valence-corrected chi connectivity index (χ1v) is 7.83. The fraction of sp³-hybridized carbons (Fsp3) is 0.462. The first kappa shape index (κ1) is 14.6. The predicted octanol–water partition coefficient (Wildman–Crippen LogP) is 3.63. The molecule has 0 fully saturated rings. The maximum Gasteiger partial charge on any atom is 0.252 e. The summed E-state index contributed by atoms with van der Waals surface area (Å²) in [6.45, 7) is 4.10. The molecule has 0 aliphatic rings. The van der Waals surface area contributed by atoms with Crippen molar-refractivity contribution in [3.05, 3.63) is 33.8 Å². The third-order valence-corrected chi connectivity index (χ3v) is 3.96. The second-order valence-corrected chi connectivity index (χ2v) is 5.78. The molecule has 0 aliphatic heterocycles. The second kappa shape index (κ2) is 7.07. The van der Waals surface area contributed by atoms with Gasteiger partial charge in [0.15, 0.2) is 0 Å². The number of aryl methyl sites for hydroxylation is 1. The molecule has 1 N–H and O–H groups in total.